The molecular formula is C10H14IN3S. The number of aromatic nitrogens is 3. The predicted molar refractivity (Wildman–Crippen MR) is 75.4 cm³/mol. The molecule has 0 aromatic carbocycles. The summed E-state index contributed by atoms with van der Waals surface area (Å²) in [6, 6.07) is 2.12. The molecule has 0 aliphatic carbocycles. The second-order valence-corrected chi connectivity index (χ2v) is 4.53. The van der Waals surface area contributed by atoms with Crippen LogP contribution in [-0.2, 0) is 0 Å². The second kappa shape index (κ2) is 5.69. The maximum absolute atomic E-state index is 4.26. The summed E-state index contributed by atoms with van der Waals surface area (Å²) in [5, 5.41) is 1.14. The fourth-order valence-corrected chi connectivity index (χ4v) is 3.19. The summed E-state index contributed by atoms with van der Waals surface area (Å²) in [6.45, 7) is 8.08. The van der Waals surface area contributed by atoms with Gasteiger partial charge in [0, 0.05) is 41.4 Å². The third kappa shape index (κ3) is 2.44. The number of halogens is 1. The number of nitrogens with zero attached hydrogens (tertiary/aromatic N) is 3. The molecule has 2 rings (SSSR count). The maximum Gasteiger partial charge on any atom is 0.154 e. The van der Waals surface area contributed by atoms with Crippen LogP contribution in [-0.4, -0.2) is 13.9 Å². The van der Waals surface area contributed by atoms with Crippen LogP contribution in [0.2, 0.25) is 0 Å². The van der Waals surface area contributed by atoms with Crippen molar-refractivity contribution in [3.63, 3.8) is 0 Å². The minimum atomic E-state index is 1.00. The first-order chi connectivity index (χ1) is 7.24. The summed E-state index contributed by atoms with van der Waals surface area (Å²) in [5.41, 5.74) is 3.25. The highest BCUT2D eigenvalue weighted by molar-refractivity contribution is 14.2. The van der Waals surface area contributed by atoms with Gasteiger partial charge < -0.3 is 0 Å². The van der Waals surface area contributed by atoms with Crippen LogP contribution in [0, 0.1) is 13.8 Å². The number of aryl methyl sites for hydroxylation is 2. The molecule has 2 heterocycles. The molecule has 5 heteroatoms. The van der Waals surface area contributed by atoms with Crippen LogP contribution in [0.1, 0.15) is 25.2 Å². The van der Waals surface area contributed by atoms with E-state index in [4.69, 9.17) is 0 Å². The molecule has 0 aliphatic heterocycles. The largest absolute Gasteiger partial charge is 0.263 e. The topological polar surface area (TPSA) is 30.7 Å². The molecule has 0 bridgehead atoms. The van der Waals surface area contributed by atoms with Gasteiger partial charge in [0.2, 0.25) is 0 Å². The van der Waals surface area contributed by atoms with Crippen LogP contribution in [0.25, 0.3) is 11.0 Å². The van der Waals surface area contributed by atoms with Gasteiger partial charge in [-0.1, -0.05) is 13.8 Å². The molecule has 15 heavy (non-hydrogen) atoms. The Morgan fingerprint density at radius 3 is 2.53 bits per heavy atom. The summed E-state index contributed by atoms with van der Waals surface area (Å²) in [7, 11) is 1.64. The Morgan fingerprint density at radius 1 is 1.27 bits per heavy atom. The lowest BCUT2D eigenvalue weighted by molar-refractivity contribution is 1.12. The van der Waals surface area contributed by atoms with Crippen molar-refractivity contribution >= 4 is 41.4 Å². The Kier molecular flexibility index (Phi) is 4.85. The monoisotopic (exact) mass is 335 g/mol. The standard InChI is InChI=1S/C8H8IN3S.C2H6/c1-5-3-7-6(2)10-4-11-8(7)12(5)13-9;1-2/h3-4H,1-2H3;1-2H3. The van der Waals surface area contributed by atoms with E-state index in [2.05, 4.69) is 48.1 Å². The minimum absolute atomic E-state index is 1.00. The van der Waals surface area contributed by atoms with Gasteiger partial charge in [0.05, 0.1) is 5.69 Å². The van der Waals surface area contributed by atoms with Crippen LogP contribution < -0.4 is 0 Å². The predicted octanol–water partition coefficient (Wildman–Crippen LogP) is 3.92. The van der Waals surface area contributed by atoms with Crippen molar-refractivity contribution in [2.75, 3.05) is 0 Å². The van der Waals surface area contributed by atoms with E-state index in [1.54, 1.807) is 15.4 Å². The van der Waals surface area contributed by atoms with Crippen molar-refractivity contribution in [1.82, 2.24) is 13.9 Å². The van der Waals surface area contributed by atoms with Gasteiger partial charge in [-0.15, -0.1) is 0 Å². The molecular weight excluding hydrogens is 321 g/mol. The number of hydrogen-bond acceptors (Lipinski definition) is 3. The highest BCUT2D eigenvalue weighted by Crippen LogP contribution is 2.27. The van der Waals surface area contributed by atoms with E-state index in [-0.39, 0.29) is 0 Å². The highest BCUT2D eigenvalue weighted by atomic mass is 127. The van der Waals surface area contributed by atoms with E-state index in [1.165, 1.54) is 5.69 Å². The fourth-order valence-electron chi connectivity index (χ4n) is 1.32. The van der Waals surface area contributed by atoms with E-state index in [9.17, 15) is 0 Å². The van der Waals surface area contributed by atoms with Crippen LogP contribution in [0.4, 0.5) is 0 Å². The van der Waals surface area contributed by atoms with E-state index >= 15 is 0 Å². The van der Waals surface area contributed by atoms with Gasteiger partial charge in [-0.2, -0.15) is 0 Å². The van der Waals surface area contributed by atoms with Crippen molar-refractivity contribution in [2.24, 2.45) is 0 Å². The Hall–Kier alpha value is -0.300. The minimum Gasteiger partial charge on any atom is -0.263 e. The van der Waals surface area contributed by atoms with Gasteiger partial charge in [-0.25, -0.2) is 9.97 Å². The van der Waals surface area contributed by atoms with Crippen molar-refractivity contribution in [2.45, 2.75) is 27.7 Å². The lowest BCUT2D eigenvalue weighted by atomic mass is 10.3. The van der Waals surface area contributed by atoms with Crippen LogP contribution in [0.5, 0.6) is 0 Å². The van der Waals surface area contributed by atoms with Crippen molar-refractivity contribution in [3.05, 3.63) is 23.8 Å². The van der Waals surface area contributed by atoms with Gasteiger partial charge in [-0.3, -0.25) is 3.97 Å². The van der Waals surface area contributed by atoms with Crippen molar-refractivity contribution < 1.29 is 0 Å². The first-order valence-electron chi connectivity index (χ1n) is 4.83. The van der Waals surface area contributed by atoms with Gasteiger partial charge >= 0.3 is 0 Å². The van der Waals surface area contributed by atoms with E-state index in [0.717, 1.165) is 16.7 Å². The number of rotatable bonds is 1. The number of hydrogen-bond donors (Lipinski definition) is 0. The van der Waals surface area contributed by atoms with E-state index < -0.39 is 0 Å². The first kappa shape index (κ1) is 12.8. The van der Waals surface area contributed by atoms with E-state index in [1.807, 2.05) is 20.8 Å². The number of fused-ring (bicyclic) bond motifs is 1. The Balaban J connectivity index is 0.000000531. The molecule has 0 fully saturated rings. The molecule has 2 aromatic heterocycles. The molecule has 2 aromatic rings. The maximum atomic E-state index is 4.26. The summed E-state index contributed by atoms with van der Waals surface area (Å²) in [4.78, 5) is 8.42. The molecule has 3 nitrogen and oxygen atoms in total. The lowest BCUT2D eigenvalue weighted by Gasteiger charge is -1.99. The molecule has 0 saturated carbocycles. The summed E-state index contributed by atoms with van der Waals surface area (Å²) >= 11 is 2.25. The summed E-state index contributed by atoms with van der Waals surface area (Å²) < 4.78 is 2.10. The van der Waals surface area contributed by atoms with Crippen LogP contribution >= 0.6 is 30.3 Å². The molecule has 0 radical (unpaired) electrons. The normalized spacial score (nSPS) is 9.93. The van der Waals surface area contributed by atoms with Crippen LogP contribution in [0.15, 0.2) is 12.4 Å². The Bertz CT molecular complexity index is 453. The quantitative estimate of drug-likeness (QED) is 0.740. The SMILES string of the molecule is CC.Cc1ncnc2c1cc(C)n2SI. The lowest BCUT2D eigenvalue weighted by Crippen LogP contribution is -1.89. The fraction of sp³-hybridized carbons (Fsp3) is 0.400. The summed E-state index contributed by atoms with van der Waals surface area (Å²) in [5.74, 6) is 0. The molecule has 0 spiro atoms. The van der Waals surface area contributed by atoms with E-state index in [0.29, 0.717) is 0 Å². The smallest absolute Gasteiger partial charge is 0.154 e. The Labute approximate surface area is 106 Å². The zero-order valence-corrected chi connectivity index (χ0v) is 12.3. The highest BCUT2D eigenvalue weighted by Gasteiger charge is 2.08. The molecule has 82 valence electrons. The average molecular weight is 335 g/mol. The van der Waals surface area contributed by atoms with Gasteiger partial charge in [-0.05, 0) is 19.9 Å². The second-order valence-electron chi connectivity index (χ2n) is 2.85. The molecule has 0 unspecified atom stereocenters. The van der Waals surface area contributed by atoms with Gasteiger partial charge in [0.15, 0.2) is 5.65 Å². The third-order valence-electron chi connectivity index (χ3n) is 2.00. The Morgan fingerprint density at radius 2 is 1.93 bits per heavy atom. The van der Waals surface area contributed by atoms with Crippen molar-refractivity contribution in [3.8, 4) is 0 Å². The molecule has 0 atom stereocenters. The van der Waals surface area contributed by atoms with Crippen LogP contribution in [0.3, 0.4) is 0 Å². The molecule has 0 N–H and O–H groups in total. The van der Waals surface area contributed by atoms with Gasteiger partial charge in [0.1, 0.15) is 6.33 Å². The van der Waals surface area contributed by atoms with Crippen molar-refractivity contribution in [1.29, 1.82) is 0 Å². The molecule has 0 aliphatic rings. The molecule has 0 saturated heterocycles. The zero-order valence-electron chi connectivity index (χ0n) is 9.28. The van der Waals surface area contributed by atoms with Gasteiger partial charge in [0.25, 0.3) is 0 Å². The zero-order chi connectivity index (χ0) is 11.4. The third-order valence-corrected chi connectivity index (χ3v) is 3.78. The first-order valence-corrected chi connectivity index (χ1v) is 8.14. The molecule has 0 amide bonds. The summed E-state index contributed by atoms with van der Waals surface area (Å²) in [6.07, 6.45) is 1.61. The average Bonchev–Trinajstić information content (AvgIpc) is 2.59.